The Morgan fingerprint density at radius 3 is 2.89 bits per heavy atom. The number of rotatable bonds is 3. The number of nitrogens with zero attached hydrogens (tertiary/aromatic N) is 2. The van der Waals surface area contributed by atoms with Gasteiger partial charge in [-0.1, -0.05) is 25.1 Å². The molecule has 0 radical (unpaired) electrons. The van der Waals surface area contributed by atoms with E-state index < -0.39 is 0 Å². The first-order valence-electron chi connectivity index (χ1n) is 6.50. The lowest BCUT2D eigenvalue weighted by Gasteiger charge is -2.09. The highest BCUT2D eigenvalue weighted by atomic mass is 16.5. The van der Waals surface area contributed by atoms with Crippen molar-refractivity contribution in [2.24, 2.45) is 5.73 Å². The van der Waals surface area contributed by atoms with Crippen LogP contribution in [0.15, 0.2) is 22.7 Å². The zero-order valence-electron chi connectivity index (χ0n) is 11.1. The van der Waals surface area contributed by atoms with Crippen molar-refractivity contribution < 1.29 is 9.26 Å². The molecule has 1 aromatic heterocycles. The lowest BCUT2D eigenvalue weighted by atomic mass is 10.0. The highest BCUT2D eigenvalue weighted by Gasteiger charge is 2.20. The third kappa shape index (κ3) is 2.21. The standard InChI is InChI=1S/C14H17N3O2/c1-8(2)14-16-13(17-19-14)12(15)10-3-4-11-9(7-10)5-6-18-11/h3-4,7-8,12H,5-6,15H2,1-2H3. The first-order chi connectivity index (χ1) is 9.15. The third-order valence-electron chi connectivity index (χ3n) is 3.30. The SMILES string of the molecule is CC(C)c1nc(C(N)c2ccc3c(c2)CCO3)no1. The molecule has 0 saturated carbocycles. The molecule has 0 amide bonds. The molecule has 1 aromatic carbocycles. The highest BCUT2D eigenvalue weighted by molar-refractivity contribution is 5.41. The van der Waals surface area contributed by atoms with E-state index in [4.69, 9.17) is 15.0 Å². The number of aromatic nitrogens is 2. The second-order valence-corrected chi connectivity index (χ2v) is 5.09. The normalized spacial score (nSPS) is 15.4. The Morgan fingerprint density at radius 1 is 1.32 bits per heavy atom. The van der Waals surface area contributed by atoms with Gasteiger partial charge in [0.1, 0.15) is 5.75 Å². The van der Waals surface area contributed by atoms with Gasteiger partial charge in [-0.3, -0.25) is 0 Å². The molecule has 1 atom stereocenters. The van der Waals surface area contributed by atoms with Crippen molar-refractivity contribution in [2.45, 2.75) is 32.2 Å². The molecule has 3 rings (SSSR count). The topological polar surface area (TPSA) is 74.2 Å². The molecule has 0 bridgehead atoms. The fourth-order valence-corrected chi connectivity index (χ4v) is 2.16. The van der Waals surface area contributed by atoms with Gasteiger partial charge in [0.15, 0.2) is 5.82 Å². The van der Waals surface area contributed by atoms with Crippen molar-refractivity contribution in [1.29, 1.82) is 0 Å². The van der Waals surface area contributed by atoms with Crippen LogP contribution in [0.2, 0.25) is 0 Å². The summed E-state index contributed by atoms with van der Waals surface area (Å²) in [5, 5.41) is 3.96. The van der Waals surface area contributed by atoms with Gasteiger partial charge >= 0.3 is 0 Å². The Labute approximate surface area is 111 Å². The number of nitrogens with two attached hydrogens (primary N) is 1. The van der Waals surface area contributed by atoms with Gasteiger partial charge in [-0.05, 0) is 23.3 Å². The van der Waals surface area contributed by atoms with E-state index in [9.17, 15) is 0 Å². The summed E-state index contributed by atoms with van der Waals surface area (Å²) >= 11 is 0. The summed E-state index contributed by atoms with van der Waals surface area (Å²) in [5.74, 6) is 2.31. The summed E-state index contributed by atoms with van der Waals surface area (Å²) in [6.07, 6.45) is 0.930. The monoisotopic (exact) mass is 259 g/mol. The fourth-order valence-electron chi connectivity index (χ4n) is 2.16. The van der Waals surface area contributed by atoms with E-state index in [1.165, 1.54) is 5.56 Å². The number of hydrogen-bond donors (Lipinski definition) is 1. The summed E-state index contributed by atoms with van der Waals surface area (Å²) in [4.78, 5) is 4.35. The Bertz CT molecular complexity index is 592. The third-order valence-corrected chi connectivity index (χ3v) is 3.30. The summed E-state index contributed by atoms with van der Waals surface area (Å²) in [6.45, 7) is 4.76. The lowest BCUT2D eigenvalue weighted by molar-refractivity contribution is 0.356. The van der Waals surface area contributed by atoms with Crippen LogP contribution in [-0.2, 0) is 6.42 Å². The minimum Gasteiger partial charge on any atom is -0.493 e. The molecule has 2 N–H and O–H groups in total. The molecule has 1 unspecified atom stereocenters. The van der Waals surface area contributed by atoms with Gasteiger partial charge in [0.25, 0.3) is 0 Å². The molecular weight excluding hydrogens is 242 g/mol. The van der Waals surface area contributed by atoms with Gasteiger partial charge in [-0.15, -0.1) is 0 Å². The molecule has 19 heavy (non-hydrogen) atoms. The van der Waals surface area contributed by atoms with E-state index in [2.05, 4.69) is 16.2 Å². The van der Waals surface area contributed by atoms with Gasteiger partial charge in [0.05, 0.1) is 12.6 Å². The Kier molecular flexibility index (Phi) is 2.98. The summed E-state index contributed by atoms with van der Waals surface area (Å²) in [7, 11) is 0. The minimum atomic E-state index is -0.359. The van der Waals surface area contributed by atoms with Crippen LogP contribution >= 0.6 is 0 Å². The van der Waals surface area contributed by atoms with Gasteiger partial charge in [-0.25, -0.2) is 0 Å². The molecule has 2 heterocycles. The zero-order valence-corrected chi connectivity index (χ0v) is 11.1. The Balaban J connectivity index is 1.88. The van der Waals surface area contributed by atoms with Gasteiger partial charge < -0.3 is 15.0 Å². The smallest absolute Gasteiger partial charge is 0.229 e. The van der Waals surface area contributed by atoms with E-state index >= 15 is 0 Å². The highest BCUT2D eigenvalue weighted by Crippen LogP contribution is 2.29. The second kappa shape index (κ2) is 4.66. The van der Waals surface area contributed by atoms with Crippen LogP contribution in [-0.4, -0.2) is 16.7 Å². The van der Waals surface area contributed by atoms with Crippen molar-refractivity contribution in [1.82, 2.24) is 10.1 Å². The predicted octanol–water partition coefficient (Wildman–Crippen LogP) is 2.18. The van der Waals surface area contributed by atoms with Crippen LogP contribution in [0.4, 0.5) is 0 Å². The maximum Gasteiger partial charge on any atom is 0.229 e. The zero-order chi connectivity index (χ0) is 13.4. The van der Waals surface area contributed by atoms with Gasteiger partial charge in [-0.2, -0.15) is 4.98 Å². The summed E-state index contributed by atoms with van der Waals surface area (Å²) in [5.41, 5.74) is 8.38. The largest absolute Gasteiger partial charge is 0.493 e. The molecule has 0 spiro atoms. The van der Waals surface area contributed by atoms with E-state index in [0.717, 1.165) is 24.3 Å². The van der Waals surface area contributed by atoms with Crippen LogP contribution in [0.3, 0.4) is 0 Å². The molecule has 1 aliphatic rings. The van der Waals surface area contributed by atoms with E-state index in [0.29, 0.717) is 11.7 Å². The van der Waals surface area contributed by atoms with E-state index in [1.54, 1.807) is 0 Å². The number of fused-ring (bicyclic) bond motifs is 1. The van der Waals surface area contributed by atoms with Gasteiger partial charge in [0.2, 0.25) is 5.89 Å². The Hall–Kier alpha value is -1.88. The summed E-state index contributed by atoms with van der Waals surface area (Å²) < 4.78 is 10.7. The van der Waals surface area contributed by atoms with Crippen molar-refractivity contribution in [3.8, 4) is 5.75 Å². The minimum absolute atomic E-state index is 0.210. The molecule has 100 valence electrons. The summed E-state index contributed by atoms with van der Waals surface area (Å²) in [6, 6.07) is 5.63. The van der Waals surface area contributed by atoms with Crippen LogP contribution in [0.25, 0.3) is 0 Å². The van der Waals surface area contributed by atoms with Crippen molar-refractivity contribution in [3.05, 3.63) is 41.0 Å². The molecule has 1 aliphatic heterocycles. The first-order valence-corrected chi connectivity index (χ1v) is 6.50. The molecule has 0 aliphatic carbocycles. The van der Waals surface area contributed by atoms with Crippen molar-refractivity contribution in [2.75, 3.05) is 6.61 Å². The first kappa shape index (κ1) is 12.2. The van der Waals surface area contributed by atoms with Crippen LogP contribution in [0.5, 0.6) is 5.75 Å². The molecule has 0 saturated heterocycles. The Morgan fingerprint density at radius 2 is 2.16 bits per heavy atom. The molecule has 5 heteroatoms. The van der Waals surface area contributed by atoms with E-state index in [-0.39, 0.29) is 12.0 Å². The van der Waals surface area contributed by atoms with Crippen molar-refractivity contribution in [3.63, 3.8) is 0 Å². The molecular formula is C14H17N3O2. The second-order valence-electron chi connectivity index (χ2n) is 5.09. The number of ether oxygens (including phenoxy) is 1. The fraction of sp³-hybridized carbons (Fsp3) is 0.429. The molecule has 5 nitrogen and oxygen atoms in total. The van der Waals surface area contributed by atoms with E-state index in [1.807, 2.05) is 26.0 Å². The maximum absolute atomic E-state index is 6.20. The maximum atomic E-state index is 6.20. The van der Waals surface area contributed by atoms with Crippen LogP contribution in [0.1, 0.15) is 48.6 Å². The van der Waals surface area contributed by atoms with Gasteiger partial charge in [0, 0.05) is 12.3 Å². The average molecular weight is 259 g/mol. The number of hydrogen-bond acceptors (Lipinski definition) is 5. The number of benzene rings is 1. The van der Waals surface area contributed by atoms with Crippen molar-refractivity contribution >= 4 is 0 Å². The average Bonchev–Trinajstić information content (AvgIpc) is 3.06. The van der Waals surface area contributed by atoms with Crippen LogP contribution < -0.4 is 10.5 Å². The predicted molar refractivity (Wildman–Crippen MR) is 70.1 cm³/mol. The molecule has 2 aromatic rings. The quantitative estimate of drug-likeness (QED) is 0.914. The lowest BCUT2D eigenvalue weighted by Crippen LogP contribution is -2.13. The molecule has 0 fully saturated rings. The van der Waals surface area contributed by atoms with Crippen LogP contribution in [0, 0.1) is 0 Å².